The molecule has 7 heteroatoms. The van der Waals surface area contributed by atoms with E-state index in [4.69, 9.17) is 5.26 Å². The Morgan fingerprint density at radius 2 is 2.09 bits per heavy atom. The minimum Gasteiger partial charge on any atom is -0.341 e. The van der Waals surface area contributed by atoms with Crippen molar-refractivity contribution in [2.75, 3.05) is 6.54 Å². The Morgan fingerprint density at radius 1 is 1.32 bits per heavy atom. The van der Waals surface area contributed by atoms with E-state index in [0.29, 0.717) is 12.0 Å². The Hall–Kier alpha value is -2.72. The van der Waals surface area contributed by atoms with Gasteiger partial charge in [-0.1, -0.05) is 18.2 Å². The normalized spacial score (nSPS) is 11.2. The fourth-order valence-electron chi connectivity index (χ4n) is 1.83. The first-order chi connectivity index (χ1) is 10.7. The summed E-state index contributed by atoms with van der Waals surface area (Å²) in [6.07, 6.45) is 1.99. The molecule has 112 valence electrons. The van der Waals surface area contributed by atoms with Crippen LogP contribution in [0, 0.1) is 11.3 Å². The van der Waals surface area contributed by atoms with Crippen molar-refractivity contribution < 1.29 is 9.59 Å². The van der Waals surface area contributed by atoms with Gasteiger partial charge in [0.15, 0.2) is 0 Å². The standard InChI is InChI=1S/C15H14N4O2S/c16-6-7-18-15(21)13(8-12-9-17-10-22-12)19-14(20)11-4-2-1-3-5-11/h1-5,9-10,13H,7-8H2,(H,18,21)(H,19,20). The smallest absolute Gasteiger partial charge is 0.251 e. The molecule has 0 saturated heterocycles. The summed E-state index contributed by atoms with van der Waals surface area (Å²) >= 11 is 1.41. The van der Waals surface area contributed by atoms with Gasteiger partial charge in [-0.25, -0.2) is 0 Å². The molecule has 6 nitrogen and oxygen atoms in total. The molecule has 1 heterocycles. The van der Waals surface area contributed by atoms with E-state index in [1.807, 2.05) is 12.1 Å². The predicted molar refractivity (Wildman–Crippen MR) is 82.1 cm³/mol. The van der Waals surface area contributed by atoms with E-state index < -0.39 is 6.04 Å². The highest BCUT2D eigenvalue weighted by Gasteiger charge is 2.22. The lowest BCUT2D eigenvalue weighted by Gasteiger charge is -2.17. The van der Waals surface area contributed by atoms with Crippen LogP contribution in [0.25, 0.3) is 0 Å². The molecule has 1 aromatic heterocycles. The number of aromatic nitrogens is 1. The van der Waals surface area contributed by atoms with Crippen LogP contribution >= 0.6 is 11.3 Å². The van der Waals surface area contributed by atoms with Crippen molar-refractivity contribution in [3.05, 3.63) is 52.5 Å². The maximum Gasteiger partial charge on any atom is 0.251 e. The molecule has 22 heavy (non-hydrogen) atoms. The number of benzene rings is 1. The lowest BCUT2D eigenvalue weighted by Crippen LogP contribution is -2.48. The molecule has 0 radical (unpaired) electrons. The Bertz CT molecular complexity index is 665. The number of nitrogens with zero attached hydrogens (tertiary/aromatic N) is 2. The number of thiazole rings is 1. The van der Waals surface area contributed by atoms with Crippen molar-refractivity contribution in [2.45, 2.75) is 12.5 Å². The average molecular weight is 314 g/mol. The molecule has 0 saturated carbocycles. The Morgan fingerprint density at radius 3 is 2.73 bits per heavy atom. The second-order valence-electron chi connectivity index (χ2n) is 4.44. The van der Waals surface area contributed by atoms with Gasteiger partial charge in [-0.05, 0) is 12.1 Å². The van der Waals surface area contributed by atoms with Crippen LogP contribution in [0.5, 0.6) is 0 Å². The molecule has 1 atom stereocenters. The molecule has 0 spiro atoms. The van der Waals surface area contributed by atoms with Gasteiger partial charge < -0.3 is 10.6 Å². The SMILES string of the molecule is N#CCNC(=O)C(Cc1cncs1)NC(=O)c1ccccc1. The highest BCUT2D eigenvalue weighted by molar-refractivity contribution is 7.09. The molecule has 0 aliphatic carbocycles. The number of hydrogen-bond acceptors (Lipinski definition) is 5. The van der Waals surface area contributed by atoms with E-state index in [0.717, 1.165) is 4.88 Å². The molecule has 2 N–H and O–H groups in total. The summed E-state index contributed by atoms with van der Waals surface area (Å²) in [5, 5.41) is 13.7. The number of nitrogens with one attached hydrogen (secondary N) is 2. The first-order valence-corrected chi connectivity index (χ1v) is 7.46. The van der Waals surface area contributed by atoms with Crippen molar-refractivity contribution in [3.63, 3.8) is 0 Å². The number of carbonyl (C=O) groups excluding carboxylic acids is 2. The van der Waals surface area contributed by atoms with E-state index in [1.54, 1.807) is 36.0 Å². The van der Waals surface area contributed by atoms with E-state index >= 15 is 0 Å². The van der Waals surface area contributed by atoms with E-state index in [-0.39, 0.29) is 18.4 Å². The van der Waals surface area contributed by atoms with Crippen molar-refractivity contribution in [1.29, 1.82) is 5.26 Å². The molecule has 0 bridgehead atoms. The first kappa shape index (κ1) is 15.7. The minimum absolute atomic E-state index is 0.0980. The maximum atomic E-state index is 12.2. The fourth-order valence-corrected chi connectivity index (χ4v) is 2.48. The van der Waals surface area contributed by atoms with Gasteiger partial charge in [0.2, 0.25) is 5.91 Å². The number of hydrogen-bond donors (Lipinski definition) is 2. The van der Waals surface area contributed by atoms with Gasteiger partial charge in [0.25, 0.3) is 5.91 Å². The third-order valence-corrected chi connectivity index (χ3v) is 3.69. The predicted octanol–water partition coefficient (Wildman–Crippen LogP) is 1.12. The van der Waals surface area contributed by atoms with Crippen LogP contribution in [-0.2, 0) is 11.2 Å². The van der Waals surface area contributed by atoms with Crippen LogP contribution in [0.4, 0.5) is 0 Å². The number of amides is 2. The zero-order chi connectivity index (χ0) is 15.8. The molecule has 2 aromatic rings. The van der Waals surface area contributed by atoms with Gasteiger partial charge in [-0.15, -0.1) is 11.3 Å². The van der Waals surface area contributed by atoms with Crippen LogP contribution in [0.3, 0.4) is 0 Å². The maximum absolute atomic E-state index is 12.2. The van der Waals surface area contributed by atoms with E-state index in [9.17, 15) is 9.59 Å². The molecule has 2 amide bonds. The molecule has 2 rings (SSSR count). The molecule has 1 aromatic carbocycles. The summed E-state index contributed by atoms with van der Waals surface area (Å²) in [6, 6.07) is 9.76. The summed E-state index contributed by atoms with van der Waals surface area (Å²) in [4.78, 5) is 29.1. The van der Waals surface area contributed by atoms with E-state index in [2.05, 4.69) is 15.6 Å². The Labute approximate surface area is 131 Å². The number of carbonyl (C=O) groups is 2. The summed E-state index contributed by atoms with van der Waals surface area (Å²) in [6.45, 7) is -0.0980. The second-order valence-corrected chi connectivity index (χ2v) is 5.41. The van der Waals surface area contributed by atoms with Gasteiger partial charge in [-0.3, -0.25) is 14.6 Å². The summed E-state index contributed by atoms with van der Waals surface area (Å²) in [5.41, 5.74) is 2.14. The molecule has 0 aliphatic rings. The highest BCUT2D eigenvalue weighted by atomic mass is 32.1. The van der Waals surface area contributed by atoms with E-state index in [1.165, 1.54) is 11.3 Å². The number of nitriles is 1. The van der Waals surface area contributed by atoms with Crippen LogP contribution in [-0.4, -0.2) is 29.4 Å². The third kappa shape index (κ3) is 4.40. The highest BCUT2D eigenvalue weighted by Crippen LogP contribution is 2.10. The zero-order valence-electron chi connectivity index (χ0n) is 11.7. The quantitative estimate of drug-likeness (QED) is 0.781. The zero-order valence-corrected chi connectivity index (χ0v) is 12.5. The van der Waals surface area contributed by atoms with Crippen molar-refractivity contribution in [3.8, 4) is 6.07 Å². The fraction of sp³-hybridized carbons (Fsp3) is 0.200. The lowest BCUT2D eigenvalue weighted by molar-refractivity contribution is -0.122. The number of rotatable bonds is 6. The van der Waals surface area contributed by atoms with Gasteiger partial charge in [0.05, 0.1) is 11.6 Å². The van der Waals surface area contributed by atoms with Gasteiger partial charge in [-0.2, -0.15) is 5.26 Å². The first-order valence-electron chi connectivity index (χ1n) is 6.58. The molecule has 0 fully saturated rings. The Kier molecular flexibility index (Phi) is 5.63. The largest absolute Gasteiger partial charge is 0.341 e. The minimum atomic E-state index is -0.749. The van der Waals surface area contributed by atoms with Gasteiger partial charge in [0.1, 0.15) is 12.6 Å². The topological polar surface area (TPSA) is 94.9 Å². The molecule has 0 aliphatic heterocycles. The summed E-state index contributed by atoms with van der Waals surface area (Å²) in [7, 11) is 0. The third-order valence-electron chi connectivity index (χ3n) is 2.89. The Balaban J connectivity index is 2.08. The average Bonchev–Trinajstić information content (AvgIpc) is 3.05. The van der Waals surface area contributed by atoms with Crippen LogP contribution in [0.15, 0.2) is 42.0 Å². The summed E-state index contributed by atoms with van der Waals surface area (Å²) in [5.74, 6) is -0.721. The van der Waals surface area contributed by atoms with Crippen LogP contribution in [0.1, 0.15) is 15.2 Å². The molecular weight excluding hydrogens is 300 g/mol. The van der Waals surface area contributed by atoms with Crippen LogP contribution < -0.4 is 10.6 Å². The van der Waals surface area contributed by atoms with Crippen molar-refractivity contribution in [1.82, 2.24) is 15.6 Å². The van der Waals surface area contributed by atoms with Gasteiger partial charge >= 0.3 is 0 Å². The van der Waals surface area contributed by atoms with Crippen LogP contribution in [0.2, 0.25) is 0 Å². The monoisotopic (exact) mass is 314 g/mol. The molecule has 1 unspecified atom stereocenters. The van der Waals surface area contributed by atoms with Crippen molar-refractivity contribution >= 4 is 23.2 Å². The molecular formula is C15H14N4O2S. The summed E-state index contributed by atoms with van der Waals surface area (Å²) < 4.78 is 0. The second kappa shape index (κ2) is 7.90. The van der Waals surface area contributed by atoms with Gasteiger partial charge in [0, 0.05) is 23.1 Å². The van der Waals surface area contributed by atoms with Crippen molar-refractivity contribution in [2.24, 2.45) is 0 Å². The lowest BCUT2D eigenvalue weighted by atomic mass is 10.1.